The number of hydrogen-bond donors (Lipinski definition) is 3. The van der Waals surface area contributed by atoms with Crippen molar-refractivity contribution >= 4 is 23.5 Å². The fourth-order valence-corrected chi connectivity index (χ4v) is 5.65. The second-order valence-corrected chi connectivity index (χ2v) is 11.1. The molecule has 0 heterocycles. The summed E-state index contributed by atoms with van der Waals surface area (Å²) in [5.74, 6) is 1.14. The summed E-state index contributed by atoms with van der Waals surface area (Å²) in [4.78, 5) is 48.8. The van der Waals surface area contributed by atoms with Crippen molar-refractivity contribution in [3.63, 3.8) is 0 Å². The molecule has 246 valence electrons. The van der Waals surface area contributed by atoms with E-state index in [0.29, 0.717) is 67.3 Å². The van der Waals surface area contributed by atoms with Gasteiger partial charge in [-0.2, -0.15) is 0 Å². The lowest BCUT2D eigenvalue weighted by atomic mass is 9.95. The molecule has 0 unspecified atom stereocenters. The Balaban J connectivity index is 1.66. The maximum absolute atomic E-state index is 13.4. The highest BCUT2D eigenvalue weighted by Gasteiger charge is 2.29. The van der Waals surface area contributed by atoms with Gasteiger partial charge in [-0.1, -0.05) is 18.9 Å². The number of methoxy groups -OCH3 is 4. The Morgan fingerprint density at radius 2 is 1.56 bits per heavy atom. The van der Waals surface area contributed by atoms with E-state index in [2.05, 4.69) is 20.7 Å². The molecule has 2 amide bonds. The third kappa shape index (κ3) is 9.86. The number of amides is 2. The van der Waals surface area contributed by atoms with Gasteiger partial charge in [0.05, 0.1) is 40.2 Å². The maximum atomic E-state index is 13.4. The zero-order chi connectivity index (χ0) is 32.8. The number of ether oxygens (including phenoxy) is 4. The third-order valence-corrected chi connectivity index (χ3v) is 7.92. The highest BCUT2D eigenvalue weighted by molar-refractivity contribution is 5.83. The van der Waals surface area contributed by atoms with Crippen LogP contribution in [0.25, 0.3) is 11.1 Å². The molecule has 3 N–H and O–H groups in total. The summed E-state index contributed by atoms with van der Waals surface area (Å²) in [5, 5.41) is 9.21. The highest BCUT2D eigenvalue weighted by Crippen LogP contribution is 2.50. The topological polar surface area (TPSA) is 141 Å². The van der Waals surface area contributed by atoms with E-state index in [0.717, 1.165) is 55.2 Å². The number of esters is 1. The standard InChI is InChI=1S/C34H47N3O8/c1-22(38)37-26-16-14-23-20-29(42-2)33(44-4)34(45-5)32(23)24-15-17-27(28(39)21-25(24)26)35-18-10-6-8-12-30(40)36-19-11-7-9-13-31(41)43-3/h15,17,20-21,26H,6-14,16,18-19H2,1-5H3,(H,35,39)(H,36,40)(H,37,38)/t26-/m1/s1. The molecule has 0 bridgehead atoms. The maximum Gasteiger partial charge on any atom is 0.305 e. The highest BCUT2D eigenvalue weighted by atomic mass is 16.5. The summed E-state index contributed by atoms with van der Waals surface area (Å²) >= 11 is 0. The van der Waals surface area contributed by atoms with Gasteiger partial charge in [-0.3, -0.25) is 19.2 Å². The second-order valence-electron chi connectivity index (χ2n) is 11.1. The Bertz CT molecular complexity index is 1390. The van der Waals surface area contributed by atoms with Gasteiger partial charge in [0, 0.05) is 38.4 Å². The Morgan fingerprint density at radius 1 is 0.844 bits per heavy atom. The van der Waals surface area contributed by atoms with Gasteiger partial charge in [0.1, 0.15) is 0 Å². The predicted octanol–water partition coefficient (Wildman–Crippen LogP) is 4.68. The molecule has 45 heavy (non-hydrogen) atoms. The molecule has 3 rings (SSSR count). The quantitative estimate of drug-likeness (QED) is 0.169. The lowest BCUT2D eigenvalue weighted by Gasteiger charge is -2.19. The number of aryl methyl sites for hydroxylation is 1. The molecule has 11 heteroatoms. The summed E-state index contributed by atoms with van der Waals surface area (Å²) in [7, 11) is 6.08. The van der Waals surface area contributed by atoms with E-state index in [1.807, 2.05) is 12.1 Å². The van der Waals surface area contributed by atoms with Crippen LogP contribution in [0.1, 0.15) is 81.9 Å². The number of nitrogens with one attached hydrogen (secondary N) is 3. The summed E-state index contributed by atoms with van der Waals surface area (Å²) in [6, 6.07) is 6.82. The minimum atomic E-state index is -0.370. The number of unbranched alkanes of at least 4 members (excludes halogenated alkanes) is 4. The molecule has 0 spiro atoms. The molecule has 11 nitrogen and oxygen atoms in total. The molecule has 2 aromatic rings. The normalized spacial score (nSPS) is 13.4. The third-order valence-electron chi connectivity index (χ3n) is 7.92. The minimum Gasteiger partial charge on any atom is -0.493 e. The summed E-state index contributed by atoms with van der Waals surface area (Å²) < 4.78 is 21.7. The van der Waals surface area contributed by atoms with Crippen LogP contribution in [0.4, 0.5) is 5.69 Å². The van der Waals surface area contributed by atoms with Crippen molar-refractivity contribution < 1.29 is 33.3 Å². The molecule has 2 aromatic carbocycles. The van der Waals surface area contributed by atoms with Crippen LogP contribution in [0.3, 0.4) is 0 Å². The van der Waals surface area contributed by atoms with Crippen molar-refractivity contribution in [1.82, 2.24) is 10.6 Å². The Hall–Kier alpha value is -4.28. The van der Waals surface area contributed by atoms with E-state index in [1.54, 1.807) is 33.5 Å². The molecule has 0 radical (unpaired) electrons. The molecule has 0 aromatic heterocycles. The lowest BCUT2D eigenvalue weighted by Crippen LogP contribution is -2.26. The smallest absolute Gasteiger partial charge is 0.305 e. The first-order chi connectivity index (χ1) is 21.7. The number of carbonyl (C=O) groups excluding carboxylic acids is 3. The summed E-state index contributed by atoms with van der Waals surface area (Å²) in [5.41, 5.74) is 3.53. The molecule has 1 aliphatic carbocycles. The number of rotatable bonds is 17. The van der Waals surface area contributed by atoms with E-state index in [9.17, 15) is 19.2 Å². The lowest BCUT2D eigenvalue weighted by molar-refractivity contribution is -0.140. The fraction of sp³-hybridized carbons (Fsp3) is 0.529. The summed E-state index contributed by atoms with van der Waals surface area (Å²) in [6.45, 7) is 2.64. The molecule has 1 atom stereocenters. The van der Waals surface area contributed by atoms with Gasteiger partial charge in [0.15, 0.2) is 11.5 Å². The Kier molecular flexibility index (Phi) is 14.0. The summed E-state index contributed by atoms with van der Waals surface area (Å²) in [6.07, 6.45) is 6.88. The van der Waals surface area contributed by atoms with Crippen LogP contribution in [0.5, 0.6) is 17.2 Å². The molecule has 0 saturated heterocycles. The van der Waals surface area contributed by atoms with E-state index in [4.69, 9.17) is 14.2 Å². The van der Waals surface area contributed by atoms with E-state index >= 15 is 0 Å². The number of carbonyl (C=O) groups is 3. The van der Waals surface area contributed by atoms with Gasteiger partial charge in [-0.05, 0) is 73.4 Å². The minimum absolute atomic E-state index is 0.0213. The van der Waals surface area contributed by atoms with Crippen molar-refractivity contribution in [1.29, 1.82) is 0 Å². The second kappa shape index (κ2) is 17.9. The van der Waals surface area contributed by atoms with Gasteiger partial charge in [0.2, 0.25) is 23.0 Å². The molecule has 0 fully saturated rings. The first-order valence-corrected chi connectivity index (χ1v) is 15.6. The zero-order valence-electron chi connectivity index (χ0n) is 27.1. The first kappa shape index (κ1) is 35.2. The zero-order valence-corrected chi connectivity index (χ0v) is 27.1. The van der Waals surface area contributed by atoms with Crippen molar-refractivity contribution in [2.24, 2.45) is 0 Å². The fourth-order valence-electron chi connectivity index (χ4n) is 5.65. The van der Waals surface area contributed by atoms with Crippen LogP contribution in [0.15, 0.2) is 29.1 Å². The average Bonchev–Trinajstić information content (AvgIpc) is 3.27. The van der Waals surface area contributed by atoms with Crippen LogP contribution in [0.2, 0.25) is 0 Å². The van der Waals surface area contributed by atoms with E-state index in [1.165, 1.54) is 14.0 Å². The van der Waals surface area contributed by atoms with Crippen molar-refractivity contribution in [3.05, 3.63) is 45.6 Å². The molecule has 0 saturated carbocycles. The van der Waals surface area contributed by atoms with Gasteiger partial charge >= 0.3 is 5.97 Å². The Morgan fingerprint density at radius 3 is 2.22 bits per heavy atom. The molecular formula is C34H47N3O8. The predicted molar refractivity (Wildman–Crippen MR) is 173 cm³/mol. The van der Waals surface area contributed by atoms with Crippen LogP contribution >= 0.6 is 0 Å². The van der Waals surface area contributed by atoms with Crippen LogP contribution in [-0.4, -0.2) is 59.3 Å². The van der Waals surface area contributed by atoms with Crippen LogP contribution in [0, 0.1) is 0 Å². The SMILES string of the molecule is COC(=O)CCCCCNC(=O)CCCCCNc1ccc2c(cc1=O)[C@H](NC(C)=O)CCc1cc(OC)c(OC)c(OC)c1-2. The van der Waals surface area contributed by atoms with Crippen LogP contribution < -0.4 is 35.6 Å². The number of fused-ring (bicyclic) bond motifs is 3. The van der Waals surface area contributed by atoms with Gasteiger partial charge < -0.3 is 34.9 Å². The molecule has 1 aliphatic rings. The molecular weight excluding hydrogens is 578 g/mol. The monoisotopic (exact) mass is 625 g/mol. The van der Waals surface area contributed by atoms with Gasteiger partial charge in [0.25, 0.3) is 0 Å². The Labute approximate surface area is 265 Å². The number of hydrogen-bond acceptors (Lipinski definition) is 9. The van der Waals surface area contributed by atoms with E-state index in [-0.39, 0.29) is 29.3 Å². The van der Waals surface area contributed by atoms with E-state index < -0.39 is 0 Å². The van der Waals surface area contributed by atoms with Crippen molar-refractivity contribution in [2.45, 2.75) is 77.2 Å². The number of anilines is 1. The van der Waals surface area contributed by atoms with Gasteiger partial charge in [-0.25, -0.2) is 0 Å². The van der Waals surface area contributed by atoms with Gasteiger partial charge in [-0.15, -0.1) is 0 Å². The molecule has 0 aliphatic heterocycles. The first-order valence-electron chi connectivity index (χ1n) is 15.6. The number of benzene rings is 1. The van der Waals surface area contributed by atoms with Crippen LogP contribution in [-0.2, 0) is 25.5 Å². The average molecular weight is 626 g/mol. The van der Waals surface area contributed by atoms with Crippen molar-refractivity contribution in [3.8, 4) is 28.4 Å². The van der Waals surface area contributed by atoms with Crippen molar-refractivity contribution in [2.75, 3.05) is 46.8 Å². The largest absolute Gasteiger partial charge is 0.493 e.